The van der Waals surface area contributed by atoms with Crippen molar-refractivity contribution in [3.8, 4) is 11.1 Å². The van der Waals surface area contributed by atoms with Crippen molar-refractivity contribution in [3.05, 3.63) is 59.7 Å². The highest BCUT2D eigenvalue weighted by atomic mass is 16.7. The zero-order valence-electron chi connectivity index (χ0n) is 17.5. The van der Waals surface area contributed by atoms with Crippen molar-refractivity contribution in [1.82, 2.24) is 10.4 Å². The molecule has 1 fully saturated rings. The molecule has 2 aromatic rings. The fourth-order valence-electron chi connectivity index (χ4n) is 4.20. The van der Waals surface area contributed by atoms with Gasteiger partial charge < -0.3 is 10.2 Å². The second-order valence-corrected chi connectivity index (χ2v) is 8.21. The summed E-state index contributed by atoms with van der Waals surface area (Å²) in [4.78, 5) is 54.1. The van der Waals surface area contributed by atoms with Crippen LogP contribution in [0.3, 0.4) is 0 Å². The van der Waals surface area contributed by atoms with E-state index in [1.165, 1.54) is 0 Å². The molecule has 1 aliphatic heterocycles. The first kappa shape index (κ1) is 20.8. The molecule has 0 bridgehead atoms. The average Bonchev–Trinajstić information content (AvgIpc) is 3.24. The third-order valence-electron chi connectivity index (χ3n) is 5.78. The van der Waals surface area contributed by atoms with Crippen LogP contribution in [-0.4, -0.2) is 34.8 Å². The summed E-state index contributed by atoms with van der Waals surface area (Å²) in [5.74, 6) is -2.62. The standard InChI is InChI=1S/C24H24N2O5/c1-14(2)23(24(30)31-26-21(28)11-12-22(26)29)25-20(27)13-19-17-9-5-3-7-15(17)16-8-4-6-10-18(16)19/h3-10,14,19,23H,11-13H2,1-2H3,(H,25,27). The Morgan fingerprint density at radius 2 is 1.48 bits per heavy atom. The maximum atomic E-state index is 12.9. The molecule has 7 nitrogen and oxygen atoms in total. The van der Waals surface area contributed by atoms with Crippen LogP contribution in [0.15, 0.2) is 48.5 Å². The van der Waals surface area contributed by atoms with Crippen LogP contribution in [0.2, 0.25) is 0 Å². The van der Waals surface area contributed by atoms with Gasteiger partial charge in [0.05, 0.1) is 0 Å². The first-order valence-corrected chi connectivity index (χ1v) is 10.4. The summed E-state index contributed by atoms with van der Waals surface area (Å²) >= 11 is 0. The highest BCUT2D eigenvalue weighted by molar-refractivity contribution is 6.02. The number of nitrogens with zero attached hydrogens (tertiary/aromatic N) is 1. The van der Waals surface area contributed by atoms with Crippen LogP contribution in [0.4, 0.5) is 0 Å². The molecule has 1 saturated heterocycles. The smallest absolute Gasteiger partial charge is 0.342 e. The Labute approximate surface area is 180 Å². The maximum Gasteiger partial charge on any atom is 0.355 e. The van der Waals surface area contributed by atoms with Gasteiger partial charge in [-0.3, -0.25) is 14.4 Å². The van der Waals surface area contributed by atoms with E-state index in [4.69, 9.17) is 4.84 Å². The third-order valence-corrected chi connectivity index (χ3v) is 5.78. The molecule has 1 unspecified atom stereocenters. The number of nitrogens with one attached hydrogen (secondary N) is 1. The normalized spacial score (nSPS) is 16.3. The molecule has 2 aromatic carbocycles. The van der Waals surface area contributed by atoms with Crippen LogP contribution in [-0.2, 0) is 24.0 Å². The van der Waals surface area contributed by atoms with Gasteiger partial charge in [-0.1, -0.05) is 62.4 Å². The van der Waals surface area contributed by atoms with Crippen LogP contribution in [0.25, 0.3) is 11.1 Å². The molecule has 0 spiro atoms. The topological polar surface area (TPSA) is 92.8 Å². The van der Waals surface area contributed by atoms with E-state index in [0.29, 0.717) is 5.06 Å². The van der Waals surface area contributed by atoms with Crippen molar-refractivity contribution < 1.29 is 24.0 Å². The maximum absolute atomic E-state index is 12.9. The molecule has 1 atom stereocenters. The molecule has 31 heavy (non-hydrogen) atoms. The predicted octanol–water partition coefficient (Wildman–Crippen LogP) is 2.94. The molecular weight excluding hydrogens is 396 g/mol. The van der Waals surface area contributed by atoms with E-state index in [2.05, 4.69) is 5.32 Å². The molecule has 2 aliphatic rings. The molecule has 1 heterocycles. The van der Waals surface area contributed by atoms with Gasteiger partial charge in [-0.2, -0.15) is 0 Å². The average molecular weight is 420 g/mol. The van der Waals surface area contributed by atoms with E-state index in [-0.39, 0.29) is 37.0 Å². The van der Waals surface area contributed by atoms with Crippen LogP contribution in [0.1, 0.15) is 50.2 Å². The Kier molecular flexibility index (Phi) is 5.59. The zero-order chi connectivity index (χ0) is 22.1. The Bertz CT molecular complexity index is 1000. The van der Waals surface area contributed by atoms with Gasteiger partial charge in [0, 0.05) is 25.2 Å². The van der Waals surface area contributed by atoms with E-state index in [1.807, 2.05) is 48.5 Å². The first-order valence-electron chi connectivity index (χ1n) is 10.4. The largest absolute Gasteiger partial charge is 0.355 e. The van der Waals surface area contributed by atoms with Crippen LogP contribution < -0.4 is 5.32 Å². The fourth-order valence-corrected chi connectivity index (χ4v) is 4.20. The number of hydrogen-bond donors (Lipinski definition) is 1. The highest BCUT2D eigenvalue weighted by Gasteiger charge is 2.37. The van der Waals surface area contributed by atoms with Crippen molar-refractivity contribution in [2.45, 2.75) is 45.1 Å². The number of fused-ring (bicyclic) bond motifs is 3. The Morgan fingerprint density at radius 3 is 2.00 bits per heavy atom. The molecule has 3 amide bonds. The van der Waals surface area contributed by atoms with Gasteiger partial charge in [0.15, 0.2) is 0 Å². The van der Waals surface area contributed by atoms with Crippen molar-refractivity contribution in [3.63, 3.8) is 0 Å². The van der Waals surface area contributed by atoms with Crippen LogP contribution in [0.5, 0.6) is 0 Å². The molecule has 0 saturated carbocycles. The molecular formula is C24H24N2O5. The fraction of sp³-hybridized carbons (Fsp3) is 0.333. The quantitative estimate of drug-likeness (QED) is 0.726. The predicted molar refractivity (Wildman–Crippen MR) is 112 cm³/mol. The summed E-state index contributed by atoms with van der Waals surface area (Å²) in [5, 5.41) is 3.25. The second-order valence-electron chi connectivity index (χ2n) is 8.21. The van der Waals surface area contributed by atoms with E-state index in [9.17, 15) is 19.2 Å². The Hall–Kier alpha value is -3.48. The molecule has 0 aromatic heterocycles. The lowest BCUT2D eigenvalue weighted by molar-refractivity contribution is -0.199. The summed E-state index contributed by atoms with van der Waals surface area (Å²) in [6.07, 6.45) is 0.211. The van der Waals surface area contributed by atoms with Gasteiger partial charge in [-0.25, -0.2) is 4.79 Å². The number of benzene rings is 2. The van der Waals surface area contributed by atoms with Crippen molar-refractivity contribution >= 4 is 23.7 Å². The Morgan fingerprint density at radius 1 is 0.968 bits per heavy atom. The highest BCUT2D eigenvalue weighted by Crippen LogP contribution is 2.46. The van der Waals surface area contributed by atoms with E-state index >= 15 is 0 Å². The van der Waals surface area contributed by atoms with Crippen molar-refractivity contribution in [2.24, 2.45) is 5.92 Å². The van der Waals surface area contributed by atoms with Crippen molar-refractivity contribution in [1.29, 1.82) is 0 Å². The minimum Gasteiger partial charge on any atom is -0.342 e. The number of rotatable bonds is 6. The molecule has 4 rings (SSSR count). The summed E-state index contributed by atoms with van der Waals surface area (Å²) in [5.41, 5.74) is 4.38. The van der Waals surface area contributed by atoms with E-state index in [1.54, 1.807) is 13.8 Å². The number of hydrogen-bond acceptors (Lipinski definition) is 5. The number of amides is 3. The van der Waals surface area contributed by atoms with Crippen molar-refractivity contribution in [2.75, 3.05) is 0 Å². The van der Waals surface area contributed by atoms with Gasteiger partial charge in [0.2, 0.25) is 5.91 Å². The lowest BCUT2D eigenvalue weighted by atomic mass is 9.93. The Balaban J connectivity index is 1.48. The number of carbonyl (C=O) groups is 4. The monoisotopic (exact) mass is 420 g/mol. The SMILES string of the molecule is CC(C)C(NC(=O)CC1c2ccccc2-c2ccccc21)C(=O)ON1C(=O)CCC1=O. The summed E-state index contributed by atoms with van der Waals surface area (Å²) in [7, 11) is 0. The van der Waals surface area contributed by atoms with Gasteiger partial charge in [-0.05, 0) is 28.2 Å². The van der Waals surface area contributed by atoms with Crippen LogP contribution >= 0.6 is 0 Å². The third kappa shape index (κ3) is 3.95. The summed E-state index contributed by atoms with van der Waals surface area (Å²) in [6, 6.07) is 15.0. The number of hydroxylamine groups is 2. The minimum absolute atomic E-state index is 0.0192. The molecule has 7 heteroatoms. The first-order chi connectivity index (χ1) is 14.9. The van der Waals surface area contributed by atoms with Gasteiger partial charge in [0.1, 0.15) is 6.04 Å². The molecule has 1 aliphatic carbocycles. The lowest BCUT2D eigenvalue weighted by Crippen LogP contribution is -2.48. The number of imide groups is 1. The van der Waals surface area contributed by atoms with Gasteiger partial charge in [0.25, 0.3) is 11.8 Å². The zero-order valence-corrected chi connectivity index (χ0v) is 17.5. The number of carbonyl (C=O) groups excluding carboxylic acids is 4. The summed E-state index contributed by atoms with van der Waals surface area (Å²) in [6.45, 7) is 3.53. The van der Waals surface area contributed by atoms with Crippen LogP contribution in [0, 0.1) is 5.92 Å². The van der Waals surface area contributed by atoms with E-state index < -0.39 is 23.8 Å². The molecule has 1 N–H and O–H groups in total. The summed E-state index contributed by atoms with van der Waals surface area (Å²) < 4.78 is 0. The lowest BCUT2D eigenvalue weighted by Gasteiger charge is -2.23. The van der Waals surface area contributed by atoms with E-state index in [0.717, 1.165) is 22.3 Å². The second kappa shape index (κ2) is 8.34. The molecule has 0 radical (unpaired) electrons. The minimum atomic E-state index is -0.972. The van der Waals surface area contributed by atoms with Gasteiger partial charge in [-0.15, -0.1) is 5.06 Å². The van der Waals surface area contributed by atoms with Gasteiger partial charge >= 0.3 is 5.97 Å². The molecule has 160 valence electrons.